The zero-order chi connectivity index (χ0) is 39.7. The van der Waals surface area contributed by atoms with Gasteiger partial charge in [0.2, 0.25) is 0 Å². The van der Waals surface area contributed by atoms with E-state index in [-0.39, 0.29) is 0 Å². The summed E-state index contributed by atoms with van der Waals surface area (Å²) in [5.41, 5.74) is -8.43. The zero-order valence-corrected chi connectivity index (χ0v) is 31.5. The minimum atomic E-state index is -2.66. The molecule has 3 rings (SSSR count). The molecular formula is C36H50O16. The lowest BCUT2D eigenvalue weighted by Crippen LogP contribution is -2.71. The van der Waals surface area contributed by atoms with Crippen molar-refractivity contribution in [3.05, 3.63) is 12.2 Å². The highest BCUT2D eigenvalue weighted by atomic mass is 16.7. The maximum Gasteiger partial charge on any atom is 0.308 e. The van der Waals surface area contributed by atoms with Gasteiger partial charge in [-0.15, -0.1) is 0 Å². The molecule has 0 aromatic carbocycles. The molecule has 1 aliphatic heterocycles. The monoisotopic (exact) mass is 738 g/mol. The number of hydrogen-bond donors (Lipinski definition) is 1. The largest absolute Gasteiger partial charge is 0.458 e. The van der Waals surface area contributed by atoms with Gasteiger partial charge in [-0.2, -0.15) is 0 Å². The fourth-order valence-electron chi connectivity index (χ4n) is 7.67. The maximum absolute atomic E-state index is 14.6. The molecule has 16 nitrogen and oxygen atoms in total. The minimum Gasteiger partial charge on any atom is -0.458 e. The van der Waals surface area contributed by atoms with Crippen LogP contribution in [-0.4, -0.2) is 100.0 Å². The third-order valence-electron chi connectivity index (χ3n) is 9.67. The first kappa shape index (κ1) is 42.1. The van der Waals surface area contributed by atoms with Gasteiger partial charge in [-0.1, -0.05) is 46.8 Å². The number of carbonyl (C=O) groups excluding carboxylic acids is 8. The third-order valence-corrected chi connectivity index (χ3v) is 9.67. The summed E-state index contributed by atoms with van der Waals surface area (Å²) in [4.78, 5) is 106. The van der Waals surface area contributed by atoms with Crippen LogP contribution in [0.15, 0.2) is 12.2 Å². The number of hydrogen-bond acceptors (Lipinski definition) is 16. The van der Waals surface area contributed by atoms with Crippen LogP contribution < -0.4 is 0 Å². The molecule has 1 N–H and O–H groups in total. The van der Waals surface area contributed by atoms with Crippen LogP contribution in [0.2, 0.25) is 0 Å². The SMILES string of the molecule is CC(=O)OC1C(OC(C)=O)C(C)(C)C=CC(C)C(=O)C2(O)CC(C)(OC(C)=O)C(OC(C)=O)C2C2OC(=O)CCC2(OC(C)=O)C1OC(=O)C(C)C. The lowest BCUT2D eigenvalue weighted by molar-refractivity contribution is -0.271. The van der Waals surface area contributed by atoms with Crippen LogP contribution >= 0.6 is 0 Å². The van der Waals surface area contributed by atoms with E-state index in [2.05, 4.69) is 0 Å². The topological polar surface area (TPSA) is 221 Å². The van der Waals surface area contributed by atoms with E-state index in [0.29, 0.717) is 0 Å². The van der Waals surface area contributed by atoms with Crippen molar-refractivity contribution in [2.75, 3.05) is 0 Å². The molecule has 10 unspecified atom stereocenters. The first-order valence-corrected chi connectivity index (χ1v) is 17.1. The highest BCUT2D eigenvalue weighted by Crippen LogP contribution is 2.55. The van der Waals surface area contributed by atoms with Gasteiger partial charge in [0.25, 0.3) is 0 Å². The van der Waals surface area contributed by atoms with Crippen LogP contribution in [-0.2, 0) is 71.5 Å². The molecule has 16 heteroatoms. The number of allylic oxidation sites excluding steroid dienone is 1. The van der Waals surface area contributed by atoms with Gasteiger partial charge in [-0.3, -0.25) is 38.4 Å². The van der Waals surface area contributed by atoms with Crippen molar-refractivity contribution in [1.29, 1.82) is 0 Å². The van der Waals surface area contributed by atoms with Crippen LogP contribution in [0.4, 0.5) is 0 Å². The molecule has 1 saturated carbocycles. The molecule has 0 amide bonds. The highest BCUT2D eigenvalue weighted by Gasteiger charge is 2.75. The molecule has 52 heavy (non-hydrogen) atoms. The lowest BCUT2D eigenvalue weighted by atomic mass is 9.66. The molecule has 10 atom stereocenters. The Balaban J connectivity index is 2.66. The average Bonchev–Trinajstić information content (AvgIpc) is 3.20. The van der Waals surface area contributed by atoms with Crippen molar-refractivity contribution in [1.82, 2.24) is 0 Å². The van der Waals surface area contributed by atoms with E-state index in [1.165, 1.54) is 39.8 Å². The number of ketones is 1. The quantitative estimate of drug-likeness (QED) is 0.225. The van der Waals surface area contributed by atoms with E-state index in [1.54, 1.807) is 13.8 Å². The highest BCUT2D eigenvalue weighted by molar-refractivity contribution is 5.92. The molecule has 2 fully saturated rings. The van der Waals surface area contributed by atoms with Crippen molar-refractivity contribution in [3.8, 4) is 0 Å². The van der Waals surface area contributed by atoms with E-state index in [0.717, 1.165) is 34.6 Å². The number of aliphatic hydroxyl groups is 1. The predicted octanol–water partition coefficient (Wildman–Crippen LogP) is 2.23. The predicted molar refractivity (Wildman–Crippen MR) is 175 cm³/mol. The molecule has 1 saturated heterocycles. The Kier molecular flexibility index (Phi) is 12.4. The number of carbonyl (C=O) groups is 8. The van der Waals surface area contributed by atoms with Crippen molar-refractivity contribution in [3.63, 3.8) is 0 Å². The Bertz CT molecular complexity index is 1510. The Hall–Kier alpha value is -4.34. The minimum absolute atomic E-state index is 0.497. The first-order valence-electron chi connectivity index (χ1n) is 17.1. The molecule has 0 bridgehead atoms. The van der Waals surface area contributed by atoms with Crippen molar-refractivity contribution < 1.29 is 76.6 Å². The second kappa shape index (κ2) is 15.3. The van der Waals surface area contributed by atoms with E-state index < -0.39 is 137 Å². The average molecular weight is 739 g/mol. The molecule has 0 radical (unpaired) electrons. The van der Waals surface area contributed by atoms with Gasteiger partial charge in [0.05, 0.1) is 11.8 Å². The van der Waals surface area contributed by atoms with E-state index in [1.807, 2.05) is 0 Å². The summed E-state index contributed by atoms with van der Waals surface area (Å²) in [7, 11) is 0. The number of fused-ring (bicyclic) bond motifs is 3. The molecule has 290 valence electrons. The Morgan fingerprint density at radius 3 is 1.83 bits per heavy atom. The lowest BCUT2D eigenvalue weighted by Gasteiger charge is -2.53. The van der Waals surface area contributed by atoms with Gasteiger partial charge in [0, 0.05) is 65.2 Å². The van der Waals surface area contributed by atoms with Gasteiger partial charge in [0.1, 0.15) is 11.2 Å². The van der Waals surface area contributed by atoms with Crippen LogP contribution in [0.5, 0.6) is 0 Å². The number of rotatable bonds is 7. The van der Waals surface area contributed by atoms with E-state index >= 15 is 0 Å². The second-order valence-corrected chi connectivity index (χ2v) is 15.0. The molecule has 1 heterocycles. The fraction of sp³-hybridized carbons (Fsp3) is 0.722. The van der Waals surface area contributed by atoms with Crippen molar-refractivity contribution in [2.45, 2.75) is 143 Å². The van der Waals surface area contributed by atoms with E-state index in [4.69, 9.17) is 33.2 Å². The smallest absolute Gasteiger partial charge is 0.308 e. The molecule has 0 aromatic heterocycles. The Morgan fingerprint density at radius 2 is 1.33 bits per heavy atom. The summed E-state index contributed by atoms with van der Waals surface area (Å²) in [6, 6.07) is 0. The molecule has 3 aliphatic rings. The Morgan fingerprint density at radius 1 is 0.788 bits per heavy atom. The normalized spacial score (nSPS) is 35.7. The van der Waals surface area contributed by atoms with E-state index in [9.17, 15) is 43.5 Å². The van der Waals surface area contributed by atoms with Gasteiger partial charge >= 0.3 is 41.8 Å². The number of ether oxygens (including phenoxy) is 7. The summed E-state index contributed by atoms with van der Waals surface area (Å²) in [6.45, 7) is 14.1. The van der Waals surface area contributed by atoms with Gasteiger partial charge in [-0.05, 0) is 6.92 Å². The van der Waals surface area contributed by atoms with Crippen LogP contribution in [0.25, 0.3) is 0 Å². The first-order chi connectivity index (χ1) is 23.8. The third kappa shape index (κ3) is 8.48. The summed E-state index contributed by atoms with van der Waals surface area (Å²) in [6.07, 6.45) is -7.94. The molecule has 2 aliphatic carbocycles. The zero-order valence-electron chi connectivity index (χ0n) is 31.5. The van der Waals surface area contributed by atoms with Crippen molar-refractivity contribution >= 4 is 47.6 Å². The van der Waals surface area contributed by atoms with Crippen LogP contribution in [0, 0.1) is 23.2 Å². The number of esters is 7. The van der Waals surface area contributed by atoms with Crippen molar-refractivity contribution in [2.24, 2.45) is 23.2 Å². The standard InChI is InChI=1S/C36H50O16/c1-17(2)32(44)50-31-26(46-19(4)37)30(48-21(6)39)33(9,10)14-12-18(3)27(43)35(45)16-34(11,51-22(7)40)28(47-20(5)38)25(35)29-36(31,52-23(8)41)15-13-24(42)49-29/h12,14,17-18,25-26,28-31,45H,13,15-16H2,1-11H3. The second-order valence-electron chi connectivity index (χ2n) is 15.0. The molecule has 0 aromatic rings. The summed E-state index contributed by atoms with van der Waals surface area (Å²) in [5, 5.41) is 12.7. The molecule has 0 spiro atoms. The van der Waals surface area contributed by atoms with Gasteiger partial charge in [-0.25, -0.2) is 0 Å². The fourth-order valence-corrected chi connectivity index (χ4v) is 7.67. The number of Topliss-reactive ketones (excluding diaryl/α,β-unsaturated/α-hetero) is 1. The van der Waals surface area contributed by atoms with Crippen LogP contribution in [0.3, 0.4) is 0 Å². The summed E-state index contributed by atoms with van der Waals surface area (Å²) >= 11 is 0. The Labute approximate surface area is 302 Å². The maximum atomic E-state index is 14.6. The van der Waals surface area contributed by atoms with Crippen LogP contribution in [0.1, 0.15) is 95.4 Å². The molecular weight excluding hydrogens is 688 g/mol. The van der Waals surface area contributed by atoms with Gasteiger partial charge < -0.3 is 38.3 Å². The summed E-state index contributed by atoms with van der Waals surface area (Å²) < 4.78 is 41.1. The summed E-state index contributed by atoms with van der Waals surface area (Å²) in [5.74, 6) is -11.3. The van der Waals surface area contributed by atoms with Gasteiger partial charge in [0.15, 0.2) is 41.9 Å².